The lowest BCUT2D eigenvalue weighted by molar-refractivity contribution is -0.387. The van der Waals surface area contributed by atoms with Gasteiger partial charge in [-0.05, 0) is 30.9 Å². The van der Waals surface area contributed by atoms with E-state index in [4.69, 9.17) is 5.73 Å². The van der Waals surface area contributed by atoms with Gasteiger partial charge in [0, 0.05) is 18.3 Å². The lowest BCUT2D eigenvalue weighted by Gasteiger charge is -2.08. The summed E-state index contributed by atoms with van der Waals surface area (Å²) >= 11 is 0. The molecule has 0 unspecified atom stereocenters. The first kappa shape index (κ1) is 16.4. The molecular formula is C12H19N3O4S. The molecule has 7 nitrogen and oxygen atoms in total. The highest BCUT2D eigenvalue weighted by molar-refractivity contribution is 7.89. The predicted molar refractivity (Wildman–Crippen MR) is 76.8 cm³/mol. The fourth-order valence-corrected chi connectivity index (χ4v) is 2.92. The Labute approximate surface area is 118 Å². The predicted octanol–water partition coefficient (Wildman–Crippen LogP) is 1.89. The number of nitrogens with two attached hydrogens (primary N) is 1. The quantitative estimate of drug-likeness (QED) is 0.345. The topological polar surface area (TPSA) is 115 Å². The highest BCUT2D eigenvalue weighted by Gasteiger charge is 2.25. The Bertz CT molecular complexity index is 584. The molecule has 0 saturated heterocycles. The molecule has 0 bridgehead atoms. The van der Waals surface area contributed by atoms with Crippen molar-refractivity contribution in [1.82, 2.24) is 4.72 Å². The minimum atomic E-state index is -3.90. The molecule has 0 heterocycles. The molecule has 0 aliphatic carbocycles. The van der Waals surface area contributed by atoms with E-state index in [2.05, 4.69) is 4.72 Å². The average molecular weight is 301 g/mol. The maximum atomic E-state index is 12.1. The van der Waals surface area contributed by atoms with Gasteiger partial charge in [0.05, 0.1) is 4.92 Å². The van der Waals surface area contributed by atoms with Crippen molar-refractivity contribution in [3.8, 4) is 0 Å². The second kappa shape index (κ2) is 6.67. The number of sulfonamides is 1. The zero-order valence-electron chi connectivity index (χ0n) is 11.5. The van der Waals surface area contributed by atoms with Crippen molar-refractivity contribution in [2.75, 3.05) is 12.3 Å². The van der Waals surface area contributed by atoms with Gasteiger partial charge in [-0.15, -0.1) is 0 Å². The van der Waals surface area contributed by atoms with Gasteiger partial charge in [-0.3, -0.25) is 10.1 Å². The first-order chi connectivity index (χ1) is 9.24. The lowest BCUT2D eigenvalue weighted by Crippen LogP contribution is -2.25. The number of rotatable bonds is 7. The molecular weight excluding hydrogens is 282 g/mol. The Hall–Kier alpha value is -1.67. The van der Waals surface area contributed by atoms with Gasteiger partial charge >= 0.3 is 0 Å². The van der Waals surface area contributed by atoms with Crippen LogP contribution in [0.5, 0.6) is 0 Å². The van der Waals surface area contributed by atoms with Crippen LogP contribution in [0.3, 0.4) is 0 Å². The van der Waals surface area contributed by atoms with Crippen molar-refractivity contribution >= 4 is 21.4 Å². The highest BCUT2D eigenvalue weighted by atomic mass is 32.2. The number of nitrogens with zero attached hydrogens (tertiary/aromatic N) is 1. The first-order valence-corrected chi connectivity index (χ1v) is 7.76. The number of hydrogen-bond acceptors (Lipinski definition) is 5. The molecule has 0 radical (unpaired) electrons. The van der Waals surface area contributed by atoms with Gasteiger partial charge in [0.25, 0.3) is 5.69 Å². The molecule has 0 amide bonds. The van der Waals surface area contributed by atoms with Crippen LogP contribution < -0.4 is 10.5 Å². The van der Waals surface area contributed by atoms with Crippen LogP contribution in [0.25, 0.3) is 0 Å². The van der Waals surface area contributed by atoms with Crippen LogP contribution in [-0.4, -0.2) is 19.9 Å². The van der Waals surface area contributed by atoms with E-state index in [0.29, 0.717) is 12.3 Å². The molecule has 1 aromatic carbocycles. The summed E-state index contributed by atoms with van der Waals surface area (Å²) in [5, 5.41) is 10.9. The van der Waals surface area contributed by atoms with E-state index >= 15 is 0 Å². The molecule has 0 atom stereocenters. The first-order valence-electron chi connectivity index (χ1n) is 6.27. The Morgan fingerprint density at radius 1 is 1.40 bits per heavy atom. The molecule has 0 aliphatic heterocycles. The number of nitrogens with one attached hydrogen (secondary N) is 1. The Balaban J connectivity index is 2.90. The molecule has 8 heteroatoms. The number of nitro groups is 1. The summed E-state index contributed by atoms with van der Waals surface area (Å²) in [6, 6.07) is 3.52. The Morgan fingerprint density at radius 3 is 2.60 bits per heavy atom. The minimum Gasteiger partial charge on any atom is -0.399 e. The van der Waals surface area contributed by atoms with E-state index in [0.717, 1.165) is 18.6 Å². The zero-order valence-corrected chi connectivity index (χ0v) is 12.3. The van der Waals surface area contributed by atoms with Crippen molar-refractivity contribution in [2.45, 2.75) is 31.6 Å². The summed E-state index contributed by atoms with van der Waals surface area (Å²) < 4.78 is 26.5. The van der Waals surface area contributed by atoms with Crippen LogP contribution in [0, 0.1) is 16.0 Å². The van der Waals surface area contributed by atoms with E-state index in [1.807, 2.05) is 13.8 Å². The molecule has 0 aliphatic rings. The summed E-state index contributed by atoms with van der Waals surface area (Å²) in [6.45, 7) is 4.33. The van der Waals surface area contributed by atoms with Gasteiger partial charge in [-0.25, -0.2) is 13.1 Å². The number of anilines is 1. The van der Waals surface area contributed by atoms with Crippen LogP contribution in [-0.2, 0) is 10.0 Å². The molecule has 112 valence electrons. The molecule has 0 spiro atoms. The van der Waals surface area contributed by atoms with Gasteiger partial charge in [0.2, 0.25) is 10.0 Å². The second-order valence-electron chi connectivity index (χ2n) is 4.92. The van der Waals surface area contributed by atoms with E-state index < -0.39 is 20.6 Å². The average Bonchev–Trinajstić information content (AvgIpc) is 2.34. The van der Waals surface area contributed by atoms with Gasteiger partial charge < -0.3 is 5.73 Å². The Kier molecular flexibility index (Phi) is 5.46. The lowest BCUT2D eigenvalue weighted by atomic mass is 10.1. The molecule has 20 heavy (non-hydrogen) atoms. The maximum absolute atomic E-state index is 12.1. The third kappa shape index (κ3) is 4.46. The van der Waals surface area contributed by atoms with E-state index in [-0.39, 0.29) is 17.1 Å². The number of nitro benzene ring substituents is 1. The maximum Gasteiger partial charge on any atom is 0.291 e. The largest absolute Gasteiger partial charge is 0.399 e. The van der Waals surface area contributed by atoms with Crippen LogP contribution in [0.4, 0.5) is 11.4 Å². The highest BCUT2D eigenvalue weighted by Crippen LogP contribution is 2.25. The van der Waals surface area contributed by atoms with E-state index in [1.165, 1.54) is 6.07 Å². The fourth-order valence-electron chi connectivity index (χ4n) is 1.70. The van der Waals surface area contributed by atoms with Gasteiger partial charge in [0.15, 0.2) is 4.90 Å². The minimum absolute atomic E-state index is 0.149. The standard InChI is InChI=1S/C12H19N3O4S/c1-9(2)4-3-7-14-20(18,19)12-6-5-10(13)8-11(12)15(16)17/h5-6,8-9,14H,3-4,7,13H2,1-2H3. The van der Waals surface area contributed by atoms with Crippen molar-refractivity contribution in [1.29, 1.82) is 0 Å². The Morgan fingerprint density at radius 2 is 2.05 bits per heavy atom. The van der Waals surface area contributed by atoms with Gasteiger partial charge in [-0.1, -0.05) is 13.8 Å². The third-order valence-electron chi connectivity index (χ3n) is 2.72. The molecule has 0 aromatic heterocycles. The molecule has 3 N–H and O–H groups in total. The third-order valence-corrected chi connectivity index (χ3v) is 4.23. The molecule has 1 rings (SSSR count). The zero-order chi connectivity index (χ0) is 15.3. The van der Waals surface area contributed by atoms with Crippen LogP contribution in [0.1, 0.15) is 26.7 Å². The molecule has 0 saturated carbocycles. The SMILES string of the molecule is CC(C)CCCNS(=O)(=O)c1ccc(N)cc1[N+](=O)[O-]. The summed E-state index contributed by atoms with van der Waals surface area (Å²) in [4.78, 5) is 9.79. The summed E-state index contributed by atoms with van der Waals surface area (Å²) in [7, 11) is -3.90. The van der Waals surface area contributed by atoms with E-state index in [9.17, 15) is 18.5 Å². The number of hydrogen-bond donors (Lipinski definition) is 2. The monoisotopic (exact) mass is 301 g/mol. The molecule has 1 aromatic rings. The molecule has 0 fully saturated rings. The number of benzene rings is 1. The van der Waals surface area contributed by atoms with Crippen molar-refractivity contribution in [3.05, 3.63) is 28.3 Å². The van der Waals surface area contributed by atoms with Crippen molar-refractivity contribution < 1.29 is 13.3 Å². The summed E-state index contributed by atoms with van der Waals surface area (Å²) in [6.07, 6.45) is 1.56. The van der Waals surface area contributed by atoms with Crippen molar-refractivity contribution in [2.24, 2.45) is 5.92 Å². The number of nitrogen functional groups attached to an aromatic ring is 1. The smallest absolute Gasteiger partial charge is 0.291 e. The van der Waals surface area contributed by atoms with Gasteiger partial charge in [0.1, 0.15) is 0 Å². The van der Waals surface area contributed by atoms with Gasteiger partial charge in [-0.2, -0.15) is 0 Å². The fraction of sp³-hybridized carbons (Fsp3) is 0.500. The van der Waals surface area contributed by atoms with Crippen LogP contribution >= 0.6 is 0 Å². The summed E-state index contributed by atoms with van der Waals surface area (Å²) in [5.41, 5.74) is 5.08. The van der Waals surface area contributed by atoms with Crippen molar-refractivity contribution in [3.63, 3.8) is 0 Å². The summed E-state index contributed by atoms with van der Waals surface area (Å²) in [5.74, 6) is 0.477. The normalized spacial score (nSPS) is 11.8. The van der Waals surface area contributed by atoms with Crippen LogP contribution in [0.2, 0.25) is 0 Å². The van der Waals surface area contributed by atoms with E-state index in [1.54, 1.807) is 0 Å². The van der Waals surface area contributed by atoms with Crippen LogP contribution in [0.15, 0.2) is 23.1 Å². The second-order valence-corrected chi connectivity index (χ2v) is 6.65.